The molecule has 2 heterocycles. The van der Waals surface area contributed by atoms with Crippen molar-refractivity contribution >= 4 is 0 Å². The highest BCUT2D eigenvalue weighted by Crippen LogP contribution is 2.33. The van der Waals surface area contributed by atoms with Gasteiger partial charge in [0.25, 0.3) is 0 Å². The molecular weight excluding hydrogens is 278 g/mol. The van der Waals surface area contributed by atoms with Gasteiger partial charge in [-0.25, -0.2) is 0 Å². The second-order valence-corrected chi connectivity index (χ2v) is 5.87. The Morgan fingerprint density at radius 2 is 2.23 bits per heavy atom. The van der Waals surface area contributed by atoms with Crippen molar-refractivity contribution in [1.29, 1.82) is 0 Å². The molecule has 5 heteroatoms. The van der Waals surface area contributed by atoms with Crippen molar-refractivity contribution in [3.63, 3.8) is 0 Å². The lowest BCUT2D eigenvalue weighted by molar-refractivity contribution is 0.175. The van der Waals surface area contributed by atoms with Crippen LogP contribution >= 0.6 is 0 Å². The van der Waals surface area contributed by atoms with Gasteiger partial charge in [-0.2, -0.15) is 5.10 Å². The van der Waals surface area contributed by atoms with Crippen LogP contribution in [0.3, 0.4) is 0 Å². The fourth-order valence-electron chi connectivity index (χ4n) is 3.23. The largest absolute Gasteiger partial charge is 0.497 e. The molecule has 1 aromatic heterocycles. The highest BCUT2D eigenvalue weighted by molar-refractivity contribution is 5.31. The first-order valence-corrected chi connectivity index (χ1v) is 7.70. The first-order chi connectivity index (χ1) is 10.7. The summed E-state index contributed by atoms with van der Waals surface area (Å²) in [6.45, 7) is 1.64. The molecule has 1 N–H and O–H groups in total. The molecule has 118 valence electrons. The summed E-state index contributed by atoms with van der Waals surface area (Å²) in [7, 11) is 3.65. The third kappa shape index (κ3) is 3.15. The number of likely N-dealkylation sites (tertiary alicyclic amines) is 1. The summed E-state index contributed by atoms with van der Waals surface area (Å²) in [5.41, 5.74) is 2.42. The third-order valence-corrected chi connectivity index (χ3v) is 4.44. The van der Waals surface area contributed by atoms with Gasteiger partial charge in [-0.15, -0.1) is 0 Å². The van der Waals surface area contributed by atoms with Gasteiger partial charge in [0.1, 0.15) is 5.75 Å². The molecule has 5 nitrogen and oxygen atoms in total. The maximum atomic E-state index is 10.1. The first-order valence-electron chi connectivity index (χ1n) is 7.70. The molecule has 1 aliphatic rings. The van der Waals surface area contributed by atoms with Crippen molar-refractivity contribution in [2.75, 3.05) is 20.2 Å². The molecule has 0 amide bonds. The number of aromatic nitrogens is 2. The summed E-state index contributed by atoms with van der Waals surface area (Å²) in [4.78, 5) is 2.35. The zero-order chi connectivity index (χ0) is 15.5. The molecule has 1 saturated heterocycles. The molecule has 2 atom stereocenters. The van der Waals surface area contributed by atoms with Crippen molar-refractivity contribution in [2.45, 2.75) is 25.0 Å². The number of aryl methyl sites for hydroxylation is 1. The van der Waals surface area contributed by atoms with Crippen LogP contribution in [0.2, 0.25) is 0 Å². The zero-order valence-electron chi connectivity index (χ0n) is 13.1. The lowest BCUT2D eigenvalue weighted by Gasteiger charge is -2.24. The second kappa shape index (κ2) is 6.50. The van der Waals surface area contributed by atoms with Crippen LogP contribution in [0.25, 0.3) is 0 Å². The van der Waals surface area contributed by atoms with Crippen molar-refractivity contribution in [2.24, 2.45) is 7.05 Å². The number of β-amino-alcohol motifs (C(OH)–C–C–N with tert-alkyl or cyclic N) is 1. The van der Waals surface area contributed by atoms with E-state index in [1.165, 1.54) is 11.3 Å². The number of nitrogens with zero attached hydrogens (tertiary/aromatic N) is 3. The maximum Gasteiger partial charge on any atom is 0.119 e. The lowest BCUT2D eigenvalue weighted by atomic mass is 10.0. The van der Waals surface area contributed by atoms with Gasteiger partial charge in [-0.3, -0.25) is 9.58 Å². The quantitative estimate of drug-likeness (QED) is 0.914. The van der Waals surface area contributed by atoms with Gasteiger partial charge in [-0.05, 0) is 30.2 Å². The average molecular weight is 301 g/mol. The maximum absolute atomic E-state index is 10.1. The molecule has 1 aromatic carbocycles. The molecule has 1 fully saturated rings. The molecule has 0 bridgehead atoms. The van der Waals surface area contributed by atoms with Crippen LogP contribution in [-0.2, 0) is 13.5 Å². The van der Waals surface area contributed by atoms with Crippen LogP contribution in [0.4, 0.5) is 0 Å². The molecule has 0 spiro atoms. The van der Waals surface area contributed by atoms with E-state index in [0.29, 0.717) is 0 Å². The summed E-state index contributed by atoms with van der Waals surface area (Å²) in [5.74, 6) is 0.866. The predicted molar refractivity (Wildman–Crippen MR) is 84.8 cm³/mol. The van der Waals surface area contributed by atoms with E-state index in [1.807, 2.05) is 36.1 Å². The summed E-state index contributed by atoms with van der Waals surface area (Å²) in [5, 5.41) is 14.3. The fourth-order valence-corrected chi connectivity index (χ4v) is 3.23. The zero-order valence-corrected chi connectivity index (χ0v) is 13.1. The van der Waals surface area contributed by atoms with E-state index in [1.54, 1.807) is 7.11 Å². The van der Waals surface area contributed by atoms with E-state index in [0.717, 1.165) is 31.7 Å². The number of hydrogen-bond acceptors (Lipinski definition) is 4. The Labute approximate surface area is 131 Å². The standard InChI is InChI=1S/C17H23N3O2/c1-19-14(6-8-18-19)7-9-20-12-15(21)11-17(20)13-4-3-5-16(10-13)22-2/h3-6,8,10,15,17,21H,7,9,11-12H2,1-2H3. The van der Waals surface area contributed by atoms with Crippen LogP contribution in [0.1, 0.15) is 23.7 Å². The molecule has 0 aliphatic carbocycles. The van der Waals surface area contributed by atoms with Gasteiger partial charge in [-0.1, -0.05) is 12.1 Å². The summed E-state index contributed by atoms with van der Waals surface area (Å²) >= 11 is 0. The Hall–Kier alpha value is -1.85. The molecule has 0 radical (unpaired) electrons. The minimum absolute atomic E-state index is 0.248. The Kier molecular flexibility index (Phi) is 4.45. The molecule has 3 rings (SSSR count). The molecule has 2 aromatic rings. The number of methoxy groups -OCH3 is 1. The van der Waals surface area contributed by atoms with E-state index in [4.69, 9.17) is 4.74 Å². The summed E-state index contributed by atoms with van der Waals surface area (Å²) in [6, 6.07) is 10.4. The van der Waals surface area contributed by atoms with E-state index < -0.39 is 0 Å². The van der Waals surface area contributed by atoms with E-state index in [-0.39, 0.29) is 12.1 Å². The number of ether oxygens (including phenoxy) is 1. The van der Waals surface area contributed by atoms with Crippen LogP contribution in [0.15, 0.2) is 36.5 Å². The second-order valence-electron chi connectivity index (χ2n) is 5.87. The average Bonchev–Trinajstić information content (AvgIpc) is 3.11. The van der Waals surface area contributed by atoms with Crippen molar-refractivity contribution in [1.82, 2.24) is 14.7 Å². The van der Waals surface area contributed by atoms with Crippen molar-refractivity contribution in [3.8, 4) is 5.75 Å². The van der Waals surface area contributed by atoms with E-state index in [2.05, 4.69) is 22.1 Å². The van der Waals surface area contributed by atoms with Gasteiger partial charge in [0.05, 0.1) is 13.2 Å². The minimum atomic E-state index is -0.261. The highest BCUT2D eigenvalue weighted by atomic mass is 16.5. The van der Waals surface area contributed by atoms with Gasteiger partial charge < -0.3 is 9.84 Å². The highest BCUT2D eigenvalue weighted by Gasteiger charge is 2.31. The normalized spacial score (nSPS) is 22.1. The van der Waals surface area contributed by atoms with Crippen LogP contribution < -0.4 is 4.74 Å². The van der Waals surface area contributed by atoms with Gasteiger partial charge in [0.15, 0.2) is 0 Å². The summed E-state index contributed by atoms with van der Waals surface area (Å²) < 4.78 is 7.23. The Morgan fingerprint density at radius 1 is 1.36 bits per heavy atom. The predicted octanol–water partition coefficient (Wildman–Crippen LogP) is 1.78. The first kappa shape index (κ1) is 15.1. The van der Waals surface area contributed by atoms with Gasteiger partial charge in [0, 0.05) is 44.5 Å². The number of hydrogen-bond donors (Lipinski definition) is 1. The Balaban J connectivity index is 1.72. The van der Waals surface area contributed by atoms with E-state index >= 15 is 0 Å². The van der Waals surface area contributed by atoms with Crippen molar-refractivity contribution < 1.29 is 9.84 Å². The fraction of sp³-hybridized carbons (Fsp3) is 0.471. The SMILES string of the molecule is COc1cccc(C2CC(O)CN2CCc2ccnn2C)c1. The third-order valence-electron chi connectivity index (χ3n) is 4.44. The van der Waals surface area contributed by atoms with Crippen LogP contribution in [0.5, 0.6) is 5.75 Å². The number of aliphatic hydroxyl groups excluding tert-OH is 1. The molecule has 1 aliphatic heterocycles. The summed E-state index contributed by atoms with van der Waals surface area (Å²) in [6.07, 6.45) is 3.28. The Bertz CT molecular complexity index is 626. The number of benzene rings is 1. The van der Waals surface area contributed by atoms with Gasteiger partial charge in [0.2, 0.25) is 0 Å². The monoisotopic (exact) mass is 301 g/mol. The lowest BCUT2D eigenvalue weighted by Crippen LogP contribution is -2.27. The molecule has 2 unspecified atom stereocenters. The van der Waals surface area contributed by atoms with Gasteiger partial charge >= 0.3 is 0 Å². The number of rotatable bonds is 5. The number of aliphatic hydroxyl groups is 1. The van der Waals surface area contributed by atoms with Crippen LogP contribution in [-0.4, -0.2) is 46.1 Å². The topological polar surface area (TPSA) is 50.5 Å². The van der Waals surface area contributed by atoms with Crippen molar-refractivity contribution in [3.05, 3.63) is 47.8 Å². The smallest absolute Gasteiger partial charge is 0.119 e. The minimum Gasteiger partial charge on any atom is -0.497 e. The molecule has 0 saturated carbocycles. The van der Waals surface area contributed by atoms with Crippen LogP contribution in [0, 0.1) is 0 Å². The van der Waals surface area contributed by atoms with E-state index in [9.17, 15) is 5.11 Å². The molecule has 22 heavy (non-hydrogen) atoms. The molecular formula is C17H23N3O2. The Morgan fingerprint density at radius 3 is 2.95 bits per heavy atom.